The first-order valence-corrected chi connectivity index (χ1v) is 10.4. The predicted octanol–water partition coefficient (Wildman–Crippen LogP) is 1.21. The topological polar surface area (TPSA) is 158 Å². The summed E-state index contributed by atoms with van der Waals surface area (Å²) in [6.07, 6.45) is -1.96. The summed E-state index contributed by atoms with van der Waals surface area (Å²) >= 11 is 0. The first-order chi connectivity index (χ1) is 12.2. The summed E-state index contributed by atoms with van der Waals surface area (Å²) in [5.74, 6) is -1.71. The first-order valence-electron chi connectivity index (χ1n) is 6.98. The van der Waals surface area contributed by atoms with Crippen LogP contribution in [-0.2, 0) is 18.2 Å². The van der Waals surface area contributed by atoms with Crippen molar-refractivity contribution in [1.29, 1.82) is 0 Å². The third-order valence-corrected chi connectivity index (χ3v) is 5.82. The molecule has 0 radical (unpaired) electrons. The van der Waals surface area contributed by atoms with Gasteiger partial charge in [-0.25, -0.2) is 9.13 Å². The molecule has 0 saturated carbocycles. The van der Waals surface area contributed by atoms with Crippen LogP contribution in [0.3, 0.4) is 0 Å². The Balaban J connectivity index is 3.57. The molecule has 0 fully saturated rings. The van der Waals surface area contributed by atoms with Gasteiger partial charge in [-0.2, -0.15) is 0 Å². The molecule has 148 valence electrons. The van der Waals surface area contributed by atoms with E-state index in [1.165, 1.54) is 7.11 Å². The van der Waals surface area contributed by atoms with Crippen LogP contribution < -0.4 is 13.8 Å². The van der Waals surface area contributed by atoms with E-state index in [1.54, 1.807) is 0 Å². The minimum Gasteiger partial charge on any atom is -0.490 e. The van der Waals surface area contributed by atoms with E-state index in [0.29, 0.717) is 0 Å². The summed E-state index contributed by atoms with van der Waals surface area (Å²) in [6, 6.07) is 2.14. The highest BCUT2D eigenvalue weighted by molar-refractivity contribution is 7.54. The van der Waals surface area contributed by atoms with E-state index in [4.69, 9.17) is 18.9 Å². The van der Waals surface area contributed by atoms with Crippen LogP contribution in [0.25, 0.3) is 0 Å². The Morgan fingerprint density at radius 3 is 1.62 bits per heavy atom. The van der Waals surface area contributed by atoms with Crippen molar-refractivity contribution >= 4 is 21.0 Å². The van der Waals surface area contributed by atoms with Crippen LogP contribution in [0.5, 0.6) is 17.2 Å². The van der Waals surface area contributed by atoms with Gasteiger partial charge in [0.2, 0.25) is 5.75 Å². The highest BCUT2D eigenvalue weighted by Crippen LogP contribution is 2.54. The molecule has 13 heteroatoms. The molecule has 0 aromatic heterocycles. The van der Waals surface area contributed by atoms with Gasteiger partial charge in [0.15, 0.2) is 30.0 Å². The Labute approximate surface area is 149 Å². The number of benzene rings is 1. The summed E-state index contributed by atoms with van der Waals surface area (Å²) in [5, 5.41) is 27.4. The number of rotatable bonds is 11. The van der Waals surface area contributed by atoms with Crippen LogP contribution in [-0.4, -0.2) is 61.7 Å². The monoisotopic (exact) mass is 414 g/mol. The van der Waals surface area contributed by atoms with Gasteiger partial charge in [-0.15, -0.1) is 0 Å². The maximum atomic E-state index is 12.2. The third kappa shape index (κ3) is 5.28. The minimum absolute atomic E-state index is 0.167. The van der Waals surface area contributed by atoms with Gasteiger partial charge in [0.05, 0.1) is 7.11 Å². The lowest BCUT2D eigenvalue weighted by molar-refractivity contribution is 0.0903. The van der Waals surface area contributed by atoms with E-state index in [9.17, 15) is 24.1 Å². The molecular formula is C13H20O11P2. The van der Waals surface area contributed by atoms with Crippen molar-refractivity contribution < 1.29 is 52.1 Å². The lowest BCUT2D eigenvalue weighted by atomic mass is 10.1. The number of aliphatic hydroxyl groups excluding tert-OH is 3. The van der Waals surface area contributed by atoms with Crippen molar-refractivity contribution in [3.05, 3.63) is 17.7 Å². The van der Waals surface area contributed by atoms with E-state index >= 15 is 0 Å². The average Bonchev–Trinajstić information content (AvgIpc) is 2.66. The molecule has 1 rings (SSSR count). The van der Waals surface area contributed by atoms with Gasteiger partial charge >= 0.3 is 15.2 Å². The molecule has 0 bridgehead atoms. The Hall–Kier alpha value is -1.45. The van der Waals surface area contributed by atoms with Gasteiger partial charge in [0, 0.05) is 19.8 Å². The molecule has 3 N–H and O–H groups in total. The molecule has 0 heterocycles. The predicted molar refractivity (Wildman–Crippen MR) is 89.1 cm³/mol. The van der Waals surface area contributed by atoms with E-state index < -0.39 is 40.3 Å². The molecule has 0 aliphatic rings. The minimum atomic E-state index is -3.99. The molecule has 0 spiro atoms. The van der Waals surface area contributed by atoms with Gasteiger partial charge in [-0.05, 0) is 12.1 Å². The van der Waals surface area contributed by atoms with Gasteiger partial charge in [-0.3, -0.25) is 4.79 Å². The second-order valence-corrected chi connectivity index (χ2v) is 8.74. The third-order valence-electron chi connectivity index (χ3n) is 3.07. The standard InChI is InChI=1S/C13H20O11P2/c1-20-13-11(23-25(18,7-15)21-2)4-9(10(17)6-14)5-12(13)24-26(19,8-16)22-3/h4-5,14-16H,6-8H2,1-3H3. The summed E-state index contributed by atoms with van der Waals surface area (Å²) in [5.41, 5.74) is -0.167. The van der Waals surface area contributed by atoms with E-state index in [2.05, 4.69) is 9.05 Å². The Kier molecular flexibility index (Phi) is 8.23. The molecule has 2 atom stereocenters. The first kappa shape index (κ1) is 22.6. The normalized spacial score (nSPS) is 15.6. The number of carbonyl (C=O) groups is 1. The summed E-state index contributed by atoms with van der Waals surface area (Å²) in [7, 11) is -4.73. The van der Waals surface area contributed by atoms with Crippen molar-refractivity contribution in [3.8, 4) is 17.2 Å². The van der Waals surface area contributed by atoms with Gasteiger partial charge in [-0.1, -0.05) is 0 Å². The maximum Gasteiger partial charge on any atom is 0.404 e. The molecular weight excluding hydrogens is 394 g/mol. The fourth-order valence-corrected chi connectivity index (χ4v) is 3.08. The van der Waals surface area contributed by atoms with Crippen LogP contribution in [0.15, 0.2) is 12.1 Å². The smallest absolute Gasteiger partial charge is 0.404 e. The molecule has 1 aromatic rings. The Morgan fingerprint density at radius 1 is 0.923 bits per heavy atom. The quantitative estimate of drug-likeness (QED) is 0.353. The van der Waals surface area contributed by atoms with Crippen LogP contribution >= 0.6 is 15.2 Å². The lowest BCUT2D eigenvalue weighted by Crippen LogP contribution is -2.08. The second kappa shape index (κ2) is 9.48. The van der Waals surface area contributed by atoms with Gasteiger partial charge in [0.25, 0.3) is 0 Å². The number of hydrogen-bond donors (Lipinski definition) is 3. The lowest BCUT2D eigenvalue weighted by Gasteiger charge is -2.21. The van der Waals surface area contributed by atoms with Crippen LogP contribution in [0.1, 0.15) is 10.4 Å². The van der Waals surface area contributed by atoms with Crippen molar-refractivity contribution in [2.45, 2.75) is 0 Å². The fourth-order valence-electron chi connectivity index (χ4n) is 1.71. The molecule has 0 aliphatic heterocycles. The molecule has 26 heavy (non-hydrogen) atoms. The fraction of sp³-hybridized carbons (Fsp3) is 0.462. The van der Waals surface area contributed by atoms with Gasteiger partial charge in [0.1, 0.15) is 6.61 Å². The summed E-state index contributed by atoms with van der Waals surface area (Å²) < 4.78 is 49.0. The number of carbonyl (C=O) groups excluding carboxylic acids is 1. The zero-order chi connectivity index (χ0) is 20.0. The molecule has 1 aromatic carbocycles. The van der Waals surface area contributed by atoms with E-state index in [1.807, 2.05) is 0 Å². The highest BCUT2D eigenvalue weighted by atomic mass is 31.2. The number of ether oxygens (including phenoxy) is 1. The largest absolute Gasteiger partial charge is 0.490 e. The van der Waals surface area contributed by atoms with Crippen molar-refractivity contribution in [1.82, 2.24) is 0 Å². The zero-order valence-electron chi connectivity index (χ0n) is 14.3. The summed E-state index contributed by atoms with van der Waals surface area (Å²) in [6.45, 7) is -0.866. The number of ketones is 1. The highest BCUT2D eigenvalue weighted by Gasteiger charge is 2.31. The molecule has 0 amide bonds. The molecule has 0 aliphatic carbocycles. The van der Waals surface area contributed by atoms with Crippen molar-refractivity contribution in [2.24, 2.45) is 0 Å². The van der Waals surface area contributed by atoms with Crippen LogP contribution in [0.2, 0.25) is 0 Å². The molecule has 2 unspecified atom stereocenters. The van der Waals surface area contributed by atoms with Gasteiger partial charge < -0.3 is 38.2 Å². The van der Waals surface area contributed by atoms with Crippen LogP contribution in [0.4, 0.5) is 0 Å². The summed E-state index contributed by atoms with van der Waals surface area (Å²) in [4.78, 5) is 11.8. The van der Waals surface area contributed by atoms with Crippen molar-refractivity contribution in [2.75, 3.05) is 40.6 Å². The zero-order valence-corrected chi connectivity index (χ0v) is 16.1. The SMILES string of the molecule is COc1c(OP(=O)(CO)OC)cc(C(=O)CO)cc1OP(=O)(CO)OC. The number of aliphatic hydroxyl groups is 3. The van der Waals surface area contributed by atoms with E-state index in [-0.39, 0.29) is 22.8 Å². The van der Waals surface area contributed by atoms with Crippen molar-refractivity contribution in [3.63, 3.8) is 0 Å². The average molecular weight is 414 g/mol. The number of Topliss-reactive ketones (excluding diaryl/α,β-unsaturated/α-hetero) is 1. The Bertz CT molecular complexity index is 668. The molecule has 11 nitrogen and oxygen atoms in total. The Morgan fingerprint density at radius 2 is 1.35 bits per heavy atom. The van der Waals surface area contributed by atoms with Crippen LogP contribution in [0, 0.1) is 0 Å². The second-order valence-electron chi connectivity index (χ2n) is 4.64. The molecule has 0 saturated heterocycles. The number of methoxy groups -OCH3 is 1. The maximum absolute atomic E-state index is 12.2. The number of hydrogen-bond acceptors (Lipinski definition) is 11. The van der Waals surface area contributed by atoms with E-state index in [0.717, 1.165) is 26.4 Å².